The number of unbranched alkanes of at least 4 members (excludes halogenated alkanes) is 2. The van der Waals surface area contributed by atoms with Crippen molar-refractivity contribution in [1.29, 1.82) is 0 Å². The van der Waals surface area contributed by atoms with Gasteiger partial charge >= 0.3 is 0 Å². The van der Waals surface area contributed by atoms with Crippen molar-refractivity contribution in [2.24, 2.45) is 7.05 Å². The quantitative estimate of drug-likeness (QED) is 0.312. The van der Waals surface area contributed by atoms with Gasteiger partial charge in [-0.05, 0) is 37.6 Å². The van der Waals surface area contributed by atoms with Crippen molar-refractivity contribution in [3.8, 4) is 5.82 Å². The molecule has 0 radical (unpaired) electrons. The number of amides is 1. The molecule has 1 atom stereocenters. The summed E-state index contributed by atoms with van der Waals surface area (Å²) >= 11 is 6.12. The largest absolute Gasteiger partial charge is 0.301 e. The van der Waals surface area contributed by atoms with Crippen LogP contribution in [0.2, 0.25) is 5.02 Å². The molecular formula is C23H30ClN5O3S. The van der Waals surface area contributed by atoms with Gasteiger partial charge in [-0.3, -0.25) is 19.5 Å². The number of benzene rings is 1. The number of carbonyl (C=O) groups is 1. The molecule has 178 valence electrons. The molecule has 2 heterocycles. The minimum atomic E-state index is -3.97. The average molecular weight is 492 g/mol. The van der Waals surface area contributed by atoms with Crippen LogP contribution in [-0.4, -0.2) is 34.0 Å². The van der Waals surface area contributed by atoms with Crippen LogP contribution >= 0.6 is 11.6 Å². The zero-order valence-electron chi connectivity index (χ0n) is 19.1. The molecule has 0 aliphatic heterocycles. The molecule has 8 nitrogen and oxygen atoms in total. The highest BCUT2D eigenvalue weighted by Gasteiger charge is 2.26. The van der Waals surface area contributed by atoms with Crippen molar-refractivity contribution in [3.05, 3.63) is 59.4 Å². The second-order valence-electron chi connectivity index (χ2n) is 7.96. The van der Waals surface area contributed by atoms with Crippen molar-refractivity contribution in [2.45, 2.75) is 51.4 Å². The highest BCUT2D eigenvalue weighted by molar-refractivity contribution is 7.90. The van der Waals surface area contributed by atoms with E-state index in [1.54, 1.807) is 4.68 Å². The molecule has 1 unspecified atom stereocenters. The molecule has 0 saturated carbocycles. The van der Waals surface area contributed by atoms with Crippen LogP contribution < -0.4 is 10.0 Å². The van der Waals surface area contributed by atoms with E-state index in [4.69, 9.17) is 11.6 Å². The van der Waals surface area contributed by atoms with Crippen LogP contribution in [0, 0.1) is 6.92 Å². The van der Waals surface area contributed by atoms with Gasteiger partial charge in [0.2, 0.25) is 5.91 Å². The van der Waals surface area contributed by atoms with Crippen molar-refractivity contribution in [1.82, 2.24) is 24.4 Å². The molecule has 33 heavy (non-hydrogen) atoms. The average Bonchev–Trinajstić information content (AvgIpc) is 3.27. The van der Waals surface area contributed by atoms with Crippen molar-refractivity contribution in [2.75, 3.05) is 0 Å². The second kappa shape index (κ2) is 10.5. The maximum atomic E-state index is 12.7. The zero-order chi connectivity index (χ0) is 24.2. The minimum absolute atomic E-state index is 0.174. The topological polar surface area (TPSA) is 98.0 Å². The number of nitrogens with zero attached hydrogens (tertiary/aromatic N) is 3. The zero-order valence-corrected chi connectivity index (χ0v) is 20.7. The molecule has 10 heteroatoms. The van der Waals surface area contributed by atoms with Crippen LogP contribution in [0.25, 0.3) is 16.7 Å². The van der Waals surface area contributed by atoms with Gasteiger partial charge in [-0.15, -0.1) is 6.58 Å². The smallest absolute Gasteiger partial charge is 0.254 e. The second-order valence-corrected chi connectivity index (χ2v) is 10.2. The van der Waals surface area contributed by atoms with Gasteiger partial charge < -0.3 is 4.57 Å². The summed E-state index contributed by atoms with van der Waals surface area (Å²) in [7, 11) is -2.13. The molecule has 3 aromatic rings. The predicted molar refractivity (Wildman–Crippen MR) is 132 cm³/mol. The number of carbonyl (C=O) groups excluding carboxylic acids is 1. The summed E-state index contributed by atoms with van der Waals surface area (Å²) in [6, 6.07) is 7.61. The Kier molecular flexibility index (Phi) is 7.99. The summed E-state index contributed by atoms with van der Waals surface area (Å²) in [6.45, 7) is 7.74. The number of nitrogens with one attached hydrogen (secondary N) is 2. The number of aromatic nitrogens is 3. The fraction of sp³-hybridized carbons (Fsp3) is 0.391. The van der Waals surface area contributed by atoms with E-state index in [-0.39, 0.29) is 13.0 Å². The van der Waals surface area contributed by atoms with E-state index in [2.05, 4.69) is 21.7 Å². The molecule has 2 aromatic heterocycles. The normalized spacial score (nSPS) is 12.7. The summed E-state index contributed by atoms with van der Waals surface area (Å²) < 4.78 is 31.4. The van der Waals surface area contributed by atoms with Crippen LogP contribution in [0.15, 0.2) is 43.1 Å². The molecular weight excluding hydrogens is 462 g/mol. The summed E-state index contributed by atoms with van der Waals surface area (Å²) in [5.74, 6) is 0.300. The van der Waals surface area contributed by atoms with Gasteiger partial charge in [0.25, 0.3) is 10.0 Å². The van der Waals surface area contributed by atoms with Gasteiger partial charge in [-0.2, -0.15) is 5.10 Å². The minimum Gasteiger partial charge on any atom is -0.301 e. The molecule has 1 amide bonds. The summed E-state index contributed by atoms with van der Waals surface area (Å²) in [4.78, 5) is 12.1. The van der Waals surface area contributed by atoms with Crippen LogP contribution in [0.3, 0.4) is 0 Å². The first-order valence-corrected chi connectivity index (χ1v) is 12.8. The van der Waals surface area contributed by atoms with Gasteiger partial charge in [0, 0.05) is 42.2 Å². The fourth-order valence-electron chi connectivity index (χ4n) is 3.83. The number of aryl methyl sites for hydroxylation is 2. The molecule has 0 saturated heterocycles. The Morgan fingerprint density at radius 3 is 2.76 bits per heavy atom. The molecule has 1 aromatic carbocycles. The van der Waals surface area contributed by atoms with Gasteiger partial charge in [-0.25, -0.2) is 8.42 Å². The van der Waals surface area contributed by atoms with Gasteiger partial charge in [0.1, 0.15) is 11.2 Å². The number of sulfonamides is 1. The third-order valence-electron chi connectivity index (χ3n) is 5.49. The lowest BCUT2D eigenvalue weighted by Gasteiger charge is -2.17. The molecule has 0 fully saturated rings. The Labute approximate surface area is 199 Å². The lowest BCUT2D eigenvalue weighted by molar-refractivity contribution is -0.119. The Morgan fingerprint density at radius 1 is 1.30 bits per heavy atom. The van der Waals surface area contributed by atoms with Crippen LogP contribution in [-0.2, 0) is 28.4 Å². The van der Waals surface area contributed by atoms with E-state index in [0.717, 1.165) is 40.8 Å². The van der Waals surface area contributed by atoms with Crippen molar-refractivity contribution < 1.29 is 13.2 Å². The van der Waals surface area contributed by atoms with E-state index in [9.17, 15) is 13.2 Å². The van der Waals surface area contributed by atoms with Gasteiger partial charge in [-0.1, -0.05) is 37.4 Å². The maximum absolute atomic E-state index is 12.7. The molecule has 2 N–H and O–H groups in total. The number of hydrogen-bond donors (Lipinski definition) is 2. The van der Waals surface area contributed by atoms with Crippen LogP contribution in [0.4, 0.5) is 0 Å². The first-order valence-electron chi connectivity index (χ1n) is 10.9. The number of halogens is 1. The van der Waals surface area contributed by atoms with E-state index < -0.39 is 21.3 Å². The molecule has 0 aliphatic rings. The van der Waals surface area contributed by atoms with E-state index in [1.165, 1.54) is 6.08 Å². The summed E-state index contributed by atoms with van der Waals surface area (Å²) in [5.41, 5.74) is 2.55. The number of hydrogen-bond acceptors (Lipinski definition) is 5. The number of fused-ring (bicyclic) bond motifs is 1. The molecule has 0 bridgehead atoms. The highest BCUT2D eigenvalue weighted by Crippen LogP contribution is 2.26. The molecule has 0 aliphatic carbocycles. The lowest BCUT2D eigenvalue weighted by Crippen LogP contribution is -2.44. The van der Waals surface area contributed by atoms with Crippen molar-refractivity contribution in [3.63, 3.8) is 0 Å². The molecule has 0 spiro atoms. The first kappa shape index (κ1) is 25.0. The summed E-state index contributed by atoms with van der Waals surface area (Å²) in [5, 5.41) is 8.03. The highest BCUT2D eigenvalue weighted by atomic mass is 35.5. The number of rotatable bonds is 11. The van der Waals surface area contributed by atoms with E-state index >= 15 is 0 Å². The maximum Gasteiger partial charge on any atom is 0.254 e. The van der Waals surface area contributed by atoms with Gasteiger partial charge in [0.15, 0.2) is 0 Å². The lowest BCUT2D eigenvalue weighted by atomic mass is 10.2. The van der Waals surface area contributed by atoms with Crippen LogP contribution in [0.1, 0.15) is 43.9 Å². The predicted octanol–water partition coefficient (Wildman–Crippen LogP) is 3.95. The monoisotopic (exact) mass is 491 g/mol. The Morgan fingerprint density at radius 2 is 2.06 bits per heavy atom. The third-order valence-corrected chi connectivity index (χ3v) is 7.26. The first-order chi connectivity index (χ1) is 15.7. The molecule has 3 rings (SSSR count). The van der Waals surface area contributed by atoms with E-state index in [0.29, 0.717) is 11.4 Å². The Bertz CT molecular complexity index is 1260. The Balaban J connectivity index is 1.82. The third kappa shape index (κ3) is 5.66. The fourth-order valence-corrected chi connectivity index (χ4v) is 5.11. The summed E-state index contributed by atoms with van der Waals surface area (Å²) in [6.07, 6.45) is 5.86. The van der Waals surface area contributed by atoms with Crippen molar-refractivity contribution >= 4 is 38.4 Å². The van der Waals surface area contributed by atoms with Crippen LogP contribution in [0.5, 0.6) is 0 Å². The Hall–Kier alpha value is -2.62. The SMILES string of the molecule is C=CC(NCc1c(C)nn(C)c1-n1ccc2cc(Cl)ccc21)S(=O)(=O)NC(=O)CCCCC. The van der Waals surface area contributed by atoms with Gasteiger partial charge in [0.05, 0.1) is 11.2 Å². The van der Waals surface area contributed by atoms with E-state index in [1.807, 2.05) is 55.9 Å². The standard InChI is InChI=1S/C23H30ClN5O3S/c1-5-7-8-9-21(30)27-33(31,32)22(6-2)25-15-19-16(3)26-28(4)23(19)29-13-12-17-14-18(24)10-11-20(17)29/h6,10-14,22,25H,2,5,7-9,15H2,1,3-4H3,(H,27,30).